The van der Waals surface area contributed by atoms with E-state index in [1.54, 1.807) is 6.07 Å². The second-order valence-corrected chi connectivity index (χ2v) is 4.83. The number of carbonyl (C=O) groups is 1. The quantitative estimate of drug-likeness (QED) is 0.873. The largest absolute Gasteiger partial charge is 0.394 e. The number of nitrogens with one attached hydrogen (secondary N) is 1. The molecule has 19 heavy (non-hydrogen) atoms. The van der Waals surface area contributed by atoms with Crippen molar-refractivity contribution in [3.05, 3.63) is 42.1 Å². The predicted molar refractivity (Wildman–Crippen MR) is 68.5 cm³/mol. The van der Waals surface area contributed by atoms with E-state index < -0.39 is 5.54 Å². The first-order valence-electron chi connectivity index (χ1n) is 6.18. The average molecular weight is 258 g/mol. The third-order valence-electron chi connectivity index (χ3n) is 3.34. The van der Waals surface area contributed by atoms with Crippen molar-refractivity contribution in [3.8, 4) is 11.3 Å². The van der Waals surface area contributed by atoms with Crippen LogP contribution in [0.3, 0.4) is 0 Å². The third-order valence-corrected chi connectivity index (χ3v) is 3.34. The van der Waals surface area contributed by atoms with E-state index in [-0.39, 0.29) is 18.2 Å². The van der Waals surface area contributed by atoms with Crippen LogP contribution in [0.25, 0.3) is 11.3 Å². The van der Waals surface area contributed by atoms with Crippen LogP contribution in [-0.2, 0) is 0 Å². The standard InChI is InChI=1S/C14H14N2O3/c17-9-14(6-7-14)15-13(18)11-8-12(19-16-11)10-4-2-1-3-5-10/h1-5,8,17H,6-7,9H2,(H,15,18). The fraction of sp³-hybridized carbons (Fsp3) is 0.286. The fourth-order valence-corrected chi connectivity index (χ4v) is 1.90. The van der Waals surface area contributed by atoms with Crippen LogP contribution in [0.2, 0.25) is 0 Å². The van der Waals surface area contributed by atoms with E-state index in [2.05, 4.69) is 10.5 Å². The van der Waals surface area contributed by atoms with Gasteiger partial charge >= 0.3 is 0 Å². The molecule has 1 saturated carbocycles. The SMILES string of the molecule is O=C(NC1(CO)CC1)c1cc(-c2ccccc2)on1. The van der Waals surface area contributed by atoms with Gasteiger partial charge in [0.15, 0.2) is 11.5 Å². The van der Waals surface area contributed by atoms with Gasteiger partial charge in [0.2, 0.25) is 0 Å². The van der Waals surface area contributed by atoms with Gasteiger partial charge in [-0.2, -0.15) is 0 Å². The second kappa shape index (κ2) is 4.51. The summed E-state index contributed by atoms with van der Waals surface area (Å²) < 4.78 is 5.17. The molecule has 2 aromatic rings. The van der Waals surface area contributed by atoms with Gasteiger partial charge in [0, 0.05) is 11.6 Å². The molecule has 0 radical (unpaired) electrons. The molecule has 0 atom stereocenters. The molecule has 1 amide bonds. The van der Waals surface area contributed by atoms with Gasteiger partial charge < -0.3 is 14.9 Å². The highest BCUT2D eigenvalue weighted by Gasteiger charge is 2.43. The molecule has 1 aromatic carbocycles. The molecule has 5 heteroatoms. The first kappa shape index (κ1) is 11.9. The molecule has 2 N–H and O–H groups in total. The minimum Gasteiger partial charge on any atom is -0.394 e. The van der Waals surface area contributed by atoms with Crippen molar-refractivity contribution >= 4 is 5.91 Å². The number of hydrogen-bond donors (Lipinski definition) is 2. The van der Waals surface area contributed by atoms with E-state index in [1.165, 1.54) is 0 Å². The Bertz CT molecular complexity index is 588. The molecule has 1 aliphatic rings. The highest BCUT2D eigenvalue weighted by molar-refractivity contribution is 5.93. The zero-order valence-corrected chi connectivity index (χ0v) is 10.3. The fourth-order valence-electron chi connectivity index (χ4n) is 1.90. The Balaban J connectivity index is 1.76. The monoisotopic (exact) mass is 258 g/mol. The minimum absolute atomic E-state index is 0.0395. The van der Waals surface area contributed by atoms with Crippen molar-refractivity contribution in [2.24, 2.45) is 0 Å². The number of aromatic nitrogens is 1. The van der Waals surface area contributed by atoms with E-state index in [9.17, 15) is 9.90 Å². The zero-order valence-electron chi connectivity index (χ0n) is 10.3. The lowest BCUT2D eigenvalue weighted by Gasteiger charge is -2.12. The van der Waals surface area contributed by atoms with Gasteiger partial charge in [-0.05, 0) is 12.8 Å². The van der Waals surface area contributed by atoms with Crippen molar-refractivity contribution in [3.63, 3.8) is 0 Å². The van der Waals surface area contributed by atoms with Gasteiger partial charge in [-0.15, -0.1) is 0 Å². The maximum atomic E-state index is 12.0. The number of aliphatic hydroxyl groups is 1. The van der Waals surface area contributed by atoms with E-state index in [0.29, 0.717) is 5.76 Å². The lowest BCUT2D eigenvalue weighted by Crippen LogP contribution is -2.39. The summed E-state index contributed by atoms with van der Waals surface area (Å²) in [5.41, 5.74) is 0.666. The molecule has 3 rings (SSSR count). The molecule has 0 unspecified atom stereocenters. The highest BCUT2D eigenvalue weighted by Crippen LogP contribution is 2.34. The average Bonchev–Trinajstić information content (AvgIpc) is 3.04. The van der Waals surface area contributed by atoms with Crippen molar-refractivity contribution in [2.45, 2.75) is 18.4 Å². The Kier molecular flexibility index (Phi) is 2.83. The molecule has 1 aromatic heterocycles. The van der Waals surface area contributed by atoms with Crippen molar-refractivity contribution in [2.75, 3.05) is 6.61 Å². The Morgan fingerprint density at radius 3 is 2.74 bits per heavy atom. The topological polar surface area (TPSA) is 75.4 Å². The summed E-state index contributed by atoms with van der Waals surface area (Å²) in [4.78, 5) is 12.0. The lowest BCUT2D eigenvalue weighted by molar-refractivity contribution is 0.0897. The predicted octanol–water partition coefficient (Wildman–Crippen LogP) is 1.60. The molecular weight excluding hydrogens is 244 g/mol. The molecule has 0 saturated heterocycles. The van der Waals surface area contributed by atoms with Crippen LogP contribution in [0.5, 0.6) is 0 Å². The van der Waals surface area contributed by atoms with E-state index in [4.69, 9.17) is 4.52 Å². The number of benzene rings is 1. The summed E-state index contributed by atoms with van der Waals surface area (Å²) in [6.45, 7) is -0.0395. The maximum absolute atomic E-state index is 12.0. The Labute approximate surface area is 110 Å². The summed E-state index contributed by atoms with van der Waals surface area (Å²) in [7, 11) is 0. The summed E-state index contributed by atoms with van der Waals surface area (Å²) in [5.74, 6) is 0.247. The first-order chi connectivity index (χ1) is 9.22. The Morgan fingerprint density at radius 1 is 1.37 bits per heavy atom. The van der Waals surface area contributed by atoms with Crippen LogP contribution in [-0.4, -0.2) is 28.3 Å². The molecule has 0 aliphatic heterocycles. The van der Waals surface area contributed by atoms with Gasteiger partial charge in [0.25, 0.3) is 5.91 Å². The second-order valence-electron chi connectivity index (χ2n) is 4.83. The minimum atomic E-state index is -0.442. The van der Waals surface area contributed by atoms with E-state index in [0.717, 1.165) is 18.4 Å². The van der Waals surface area contributed by atoms with Gasteiger partial charge in [-0.1, -0.05) is 35.5 Å². The summed E-state index contributed by atoms with van der Waals surface area (Å²) in [5, 5.41) is 15.7. The van der Waals surface area contributed by atoms with Crippen LogP contribution in [0, 0.1) is 0 Å². The summed E-state index contributed by atoms with van der Waals surface area (Å²) >= 11 is 0. The molecule has 1 heterocycles. The van der Waals surface area contributed by atoms with Crippen LogP contribution < -0.4 is 5.32 Å². The van der Waals surface area contributed by atoms with E-state index in [1.807, 2.05) is 30.3 Å². The third kappa shape index (κ3) is 2.37. The molecule has 0 bridgehead atoms. The van der Waals surface area contributed by atoms with Crippen molar-refractivity contribution in [1.82, 2.24) is 10.5 Å². The molecule has 98 valence electrons. The molecule has 1 aliphatic carbocycles. The summed E-state index contributed by atoms with van der Waals surface area (Å²) in [6.07, 6.45) is 1.61. The number of hydrogen-bond acceptors (Lipinski definition) is 4. The van der Waals surface area contributed by atoms with Crippen LogP contribution in [0.15, 0.2) is 40.9 Å². The Morgan fingerprint density at radius 2 is 2.11 bits per heavy atom. The normalized spacial score (nSPS) is 16.1. The first-order valence-corrected chi connectivity index (χ1v) is 6.18. The van der Waals surface area contributed by atoms with E-state index >= 15 is 0 Å². The van der Waals surface area contributed by atoms with Gasteiger partial charge in [0.05, 0.1) is 12.1 Å². The maximum Gasteiger partial charge on any atom is 0.273 e. The van der Waals surface area contributed by atoms with Crippen molar-refractivity contribution < 1.29 is 14.4 Å². The van der Waals surface area contributed by atoms with Gasteiger partial charge in [-0.25, -0.2) is 0 Å². The lowest BCUT2D eigenvalue weighted by atomic mass is 10.1. The smallest absolute Gasteiger partial charge is 0.273 e. The highest BCUT2D eigenvalue weighted by atomic mass is 16.5. The van der Waals surface area contributed by atoms with Gasteiger partial charge in [-0.3, -0.25) is 4.79 Å². The van der Waals surface area contributed by atoms with Crippen LogP contribution in [0.4, 0.5) is 0 Å². The summed E-state index contributed by atoms with van der Waals surface area (Å²) in [6, 6.07) is 11.1. The number of amides is 1. The molecule has 5 nitrogen and oxygen atoms in total. The number of nitrogens with zero attached hydrogens (tertiary/aromatic N) is 1. The zero-order chi connectivity index (χ0) is 13.3. The molecular formula is C14H14N2O3. The van der Waals surface area contributed by atoms with Crippen molar-refractivity contribution in [1.29, 1.82) is 0 Å². The van der Waals surface area contributed by atoms with Crippen LogP contribution in [0.1, 0.15) is 23.3 Å². The number of aliphatic hydroxyl groups excluding tert-OH is 1. The molecule has 1 fully saturated rings. The van der Waals surface area contributed by atoms with Gasteiger partial charge in [0.1, 0.15) is 0 Å². The number of carbonyl (C=O) groups excluding carboxylic acids is 1. The Hall–Kier alpha value is -2.14. The molecule has 0 spiro atoms. The number of rotatable bonds is 4. The van der Waals surface area contributed by atoms with Crippen LogP contribution >= 0.6 is 0 Å².